The molecule has 0 radical (unpaired) electrons. The number of aromatic nitrogens is 2. The van der Waals surface area contributed by atoms with Crippen molar-refractivity contribution in [1.82, 2.24) is 8.75 Å². The lowest BCUT2D eigenvalue weighted by molar-refractivity contribution is 0.0606. The molecule has 1 saturated carbocycles. The topological polar surface area (TPSA) is 47.0 Å². The number of fused-ring (bicyclic) bond motifs is 1. The first-order valence-corrected chi connectivity index (χ1v) is 8.09. The van der Waals surface area contributed by atoms with Crippen LogP contribution in [0.2, 0.25) is 10.0 Å². The van der Waals surface area contributed by atoms with E-state index >= 15 is 0 Å². The number of rotatable bonds is 3. The molecular weight excluding hydrogens is 317 g/mol. The number of hydrogen-bond acceptors (Lipinski definition) is 5. The zero-order chi connectivity index (χ0) is 14.1. The summed E-state index contributed by atoms with van der Waals surface area (Å²) in [6.07, 6.45) is 4.74. The Labute approximate surface area is 131 Å². The highest BCUT2D eigenvalue weighted by Gasteiger charge is 2.26. The fraction of sp³-hybridized carbons (Fsp3) is 0.538. The molecule has 108 valence electrons. The van der Waals surface area contributed by atoms with Gasteiger partial charge in [0, 0.05) is 7.11 Å². The van der Waals surface area contributed by atoms with Crippen LogP contribution in [0.1, 0.15) is 25.7 Å². The van der Waals surface area contributed by atoms with Crippen LogP contribution >= 0.6 is 34.9 Å². The summed E-state index contributed by atoms with van der Waals surface area (Å²) in [5.41, 5.74) is 2.26. The molecular formula is C13H15Cl2N3OS. The molecule has 1 aliphatic carbocycles. The van der Waals surface area contributed by atoms with Gasteiger partial charge in [0.1, 0.15) is 11.0 Å². The Morgan fingerprint density at radius 2 is 1.95 bits per heavy atom. The molecule has 0 saturated heterocycles. The van der Waals surface area contributed by atoms with E-state index in [9.17, 15) is 0 Å². The third-order valence-electron chi connectivity index (χ3n) is 3.78. The Morgan fingerprint density at radius 1 is 1.20 bits per heavy atom. The molecule has 1 aliphatic rings. The number of ether oxygens (including phenoxy) is 1. The predicted octanol–water partition coefficient (Wildman–Crippen LogP) is 4.37. The second-order valence-electron chi connectivity index (χ2n) is 4.99. The van der Waals surface area contributed by atoms with Crippen LogP contribution in [0.4, 0.5) is 5.69 Å². The fourth-order valence-electron chi connectivity index (χ4n) is 2.74. The highest BCUT2D eigenvalue weighted by Crippen LogP contribution is 2.37. The van der Waals surface area contributed by atoms with Crippen LogP contribution in [0.25, 0.3) is 11.0 Å². The van der Waals surface area contributed by atoms with Crippen LogP contribution in [-0.2, 0) is 4.74 Å². The molecule has 1 N–H and O–H groups in total. The van der Waals surface area contributed by atoms with Crippen molar-refractivity contribution in [2.45, 2.75) is 37.8 Å². The van der Waals surface area contributed by atoms with E-state index in [2.05, 4.69) is 14.1 Å². The van der Waals surface area contributed by atoms with Gasteiger partial charge in [-0.25, -0.2) is 0 Å². The summed E-state index contributed by atoms with van der Waals surface area (Å²) in [4.78, 5) is 0. The lowest BCUT2D eigenvalue weighted by Gasteiger charge is -2.32. The number of anilines is 1. The Kier molecular flexibility index (Phi) is 4.31. The van der Waals surface area contributed by atoms with Gasteiger partial charge in [-0.05, 0) is 18.9 Å². The van der Waals surface area contributed by atoms with Crippen molar-refractivity contribution in [2.24, 2.45) is 0 Å². The van der Waals surface area contributed by atoms with Crippen LogP contribution in [0.3, 0.4) is 0 Å². The summed E-state index contributed by atoms with van der Waals surface area (Å²) in [5, 5.41) is 4.61. The summed E-state index contributed by atoms with van der Waals surface area (Å²) in [6.45, 7) is 0. The minimum Gasteiger partial charge on any atom is -0.379 e. The number of halogens is 2. The van der Waals surface area contributed by atoms with Crippen molar-refractivity contribution >= 4 is 51.7 Å². The van der Waals surface area contributed by atoms with E-state index in [1.165, 1.54) is 12.8 Å². The Morgan fingerprint density at radius 3 is 2.75 bits per heavy atom. The summed E-state index contributed by atoms with van der Waals surface area (Å²) in [7, 11) is 1.76. The van der Waals surface area contributed by atoms with Gasteiger partial charge < -0.3 is 10.1 Å². The standard InChI is InChI=1S/C13H15Cl2N3OS/c1-19-10-5-3-2-4-9(10)16-11-7(14)6-8(15)12-13(11)18-20-17-12/h6,9-10,16H,2-5H2,1H3. The van der Waals surface area contributed by atoms with Gasteiger partial charge in [0.25, 0.3) is 0 Å². The molecule has 0 bridgehead atoms. The highest BCUT2D eigenvalue weighted by atomic mass is 35.5. The molecule has 3 rings (SSSR count). The van der Waals surface area contributed by atoms with Crippen LogP contribution in [0.15, 0.2) is 6.07 Å². The van der Waals surface area contributed by atoms with Crippen LogP contribution < -0.4 is 5.32 Å². The highest BCUT2D eigenvalue weighted by molar-refractivity contribution is 7.00. The molecule has 4 nitrogen and oxygen atoms in total. The molecule has 0 amide bonds. The summed E-state index contributed by atoms with van der Waals surface area (Å²) in [6, 6.07) is 1.97. The van der Waals surface area contributed by atoms with Crippen molar-refractivity contribution < 1.29 is 4.74 Å². The third-order valence-corrected chi connectivity index (χ3v) is 4.89. The first-order valence-electron chi connectivity index (χ1n) is 6.60. The minimum absolute atomic E-state index is 0.206. The van der Waals surface area contributed by atoms with Crippen LogP contribution in [0.5, 0.6) is 0 Å². The zero-order valence-corrected chi connectivity index (χ0v) is 13.4. The monoisotopic (exact) mass is 331 g/mol. The summed E-state index contributed by atoms with van der Waals surface area (Å²) in [5.74, 6) is 0. The second-order valence-corrected chi connectivity index (χ2v) is 6.33. The molecule has 1 heterocycles. The van der Waals surface area contributed by atoms with E-state index in [0.717, 1.165) is 35.8 Å². The fourth-order valence-corrected chi connectivity index (χ4v) is 3.91. The molecule has 2 atom stereocenters. The molecule has 20 heavy (non-hydrogen) atoms. The van der Waals surface area contributed by atoms with Crippen molar-refractivity contribution in [2.75, 3.05) is 12.4 Å². The van der Waals surface area contributed by atoms with Crippen LogP contribution in [0, 0.1) is 0 Å². The normalized spacial score (nSPS) is 23.1. The first-order chi connectivity index (χ1) is 9.70. The van der Waals surface area contributed by atoms with Gasteiger partial charge in [-0.1, -0.05) is 36.0 Å². The van der Waals surface area contributed by atoms with E-state index in [1.54, 1.807) is 13.2 Å². The van der Waals surface area contributed by atoms with Gasteiger partial charge in [-0.2, -0.15) is 8.75 Å². The number of nitrogens with one attached hydrogen (secondary N) is 1. The number of benzene rings is 1. The zero-order valence-electron chi connectivity index (χ0n) is 11.0. The third kappa shape index (κ3) is 2.60. The number of methoxy groups -OCH3 is 1. The SMILES string of the molecule is COC1CCCCC1Nc1c(Cl)cc(Cl)c2nsnc12. The van der Waals surface area contributed by atoms with Crippen molar-refractivity contribution in [1.29, 1.82) is 0 Å². The molecule has 2 unspecified atom stereocenters. The van der Waals surface area contributed by atoms with E-state index in [-0.39, 0.29) is 12.1 Å². The number of hydrogen-bond donors (Lipinski definition) is 1. The molecule has 0 aliphatic heterocycles. The Bertz CT molecular complexity index is 619. The average Bonchev–Trinajstić information content (AvgIpc) is 2.93. The van der Waals surface area contributed by atoms with Crippen molar-refractivity contribution in [3.8, 4) is 0 Å². The van der Waals surface area contributed by atoms with E-state index in [0.29, 0.717) is 15.6 Å². The Balaban J connectivity index is 1.95. The quantitative estimate of drug-likeness (QED) is 0.907. The molecule has 1 aromatic carbocycles. The lowest BCUT2D eigenvalue weighted by Crippen LogP contribution is -2.37. The average molecular weight is 332 g/mol. The maximum absolute atomic E-state index is 6.32. The van der Waals surface area contributed by atoms with E-state index in [4.69, 9.17) is 27.9 Å². The van der Waals surface area contributed by atoms with Gasteiger partial charge in [-0.3, -0.25) is 0 Å². The summed E-state index contributed by atoms with van der Waals surface area (Å²) >= 11 is 13.6. The predicted molar refractivity (Wildman–Crippen MR) is 84.1 cm³/mol. The van der Waals surface area contributed by atoms with Gasteiger partial charge in [0.05, 0.1) is 39.6 Å². The van der Waals surface area contributed by atoms with Crippen LogP contribution in [-0.4, -0.2) is 28.0 Å². The molecule has 2 aromatic rings. The maximum atomic E-state index is 6.32. The summed E-state index contributed by atoms with van der Waals surface area (Å²) < 4.78 is 14.1. The van der Waals surface area contributed by atoms with Gasteiger partial charge in [0.15, 0.2) is 0 Å². The molecule has 1 aromatic heterocycles. The second kappa shape index (κ2) is 6.02. The molecule has 0 spiro atoms. The van der Waals surface area contributed by atoms with E-state index < -0.39 is 0 Å². The smallest absolute Gasteiger partial charge is 0.130 e. The minimum atomic E-state index is 0.206. The number of nitrogens with zero attached hydrogens (tertiary/aromatic N) is 2. The Hall–Kier alpha value is -0.620. The lowest BCUT2D eigenvalue weighted by atomic mass is 9.92. The van der Waals surface area contributed by atoms with Crippen molar-refractivity contribution in [3.05, 3.63) is 16.1 Å². The van der Waals surface area contributed by atoms with Gasteiger partial charge in [-0.15, -0.1) is 0 Å². The van der Waals surface area contributed by atoms with Crippen molar-refractivity contribution in [3.63, 3.8) is 0 Å². The maximum Gasteiger partial charge on any atom is 0.130 e. The van der Waals surface area contributed by atoms with E-state index in [1.807, 2.05) is 0 Å². The van der Waals surface area contributed by atoms with Gasteiger partial charge >= 0.3 is 0 Å². The largest absolute Gasteiger partial charge is 0.379 e. The van der Waals surface area contributed by atoms with Gasteiger partial charge in [0.2, 0.25) is 0 Å². The first kappa shape index (κ1) is 14.3. The molecule has 7 heteroatoms. The molecule has 1 fully saturated rings.